The van der Waals surface area contributed by atoms with E-state index in [1.807, 2.05) is 84.9 Å². The van der Waals surface area contributed by atoms with Crippen LogP contribution in [-0.4, -0.2) is 34.1 Å². The van der Waals surface area contributed by atoms with Crippen molar-refractivity contribution in [2.24, 2.45) is 0 Å². The highest BCUT2D eigenvalue weighted by Crippen LogP contribution is 2.21. The smallest absolute Gasteiger partial charge is 0.335 e. The van der Waals surface area contributed by atoms with Crippen LogP contribution in [0.5, 0.6) is 0 Å². The maximum Gasteiger partial charge on any atom is 0.335 e. The molecule has 0 unspecified atom stereocenters. The fraction of sp³-hybridized carbons (Fsp3) is 0.0303. The molecule has 0 saturated carbocycles. The number of nitrogen functional groups attached to an aromatic ring is 1. The molecule has 2 aromatic heterocycles. The largest absolute Gasteiger partial charge is 0.478 e. The van der Waals surface area contributed by atoms with E-state index in [-0.39, 0.29) is 5.91 Å². The number of halogens is 3. The van der Waals surface area contributed by atoms with Crippen LogP contribution in [0.1, 0.15) is 22.1 Å². The second-order valence-electron chi connectivity index (χ2n) is 8.58. The standard InChI is InChI=1S/C16H11IN2O.C9H8N2.C7H5IO2.CH3F/c17-13-8-6-12(7-9-13)16(20)19-14-5-1-3-11-4-2-10-18-15(11)14;10-8-5-1-3-7-4-2-6-11-9(7)8;8-6-3-1-5(2-4-6)7(9)10;1-2/h1-10H,(H,19,20);1-6H,10H2;1-4H,(H,9,10);1H3/i;;;1D. The Morgan fingerprint density at radius 3 is 1.74 bits per heavy atom. The van der Waals surface area contributed by atoms with Crippen molar-refractivity contribution in [3.63, 3.8) is 0 Å². The van der Waals surface area contributed by atoms with Crippen molar-refractivity contribution in [1.29, 1.82) is 0 Å². The number of aromatic nitrogens is 2. The van der Waals surface area contributed by atoms with Gasteiger partial charge in [0.15, 0.2) is 0 Å². The highest BCUT2D eigenvalue weighted by Gasteiger charge is 2.08. The van der Waals surface area contributed by atoms with Gasteiger partial charge in [0.1, 0.15) is 0 Å². The van der Waals surface area contributed by atoms with Gasteiger partial charge in [-0.25, -0.2) is 4.79 Å². The fourth-order valence-electron chi connectivity index (χ4n) is 3.72. The Morgan fingerprint density at radius 2 is 1.21 bits per heavy atom. The molecular weight excluding hydrogens is 773 g/mol. The van der Waals surface area contributed by atoms with Gasteiger partial charge in [0, 0.05) is 35.9 Å². The predicted molar refractivity (Wildman–Crippen MR) is 188 cm³/mol. The van der Waals surface area contributed by atoms with Gasteiger partial charge >= 0.3 is 5.97 Å². The summed E-state index contributed by atoms with van der Waals surface area (Å²) in [6, 6.07) is 33.5. The molecule has 0 fully saturated rings. The minimum Gasteiger partial charge on any atom is -0.478 e. The van der Waals surface area contributed by atoms with E-state index in [0.29, 0.717) is 11.1 Å². The van der Waals surface area contributed by atoms with Crippen molar-refractivity contribution < 1.29 is 20.5 Å². The molecule has 6 aromatic rings. The number of carbonyl (C=O) groups is 2. The van der Waals surface area contributed by atoms with E-state index in [0.717, 1.165) is 40.3 Å². The zero-order valence-electron chi connectivity index (χ0n) is 23.6. The van der Waals surface area contributed by atoms with E-state index < -0.39 is 13.1 Å². The monoisotopic (exact) mass is 801 g/mol. The van der Waals surface area contributed by atoms with E-state index in [2.05, 4.69) is 60.5 Å². The Hall–Kier alpha value is -4.17. The molecule has 43 heavy (non-hydrogen) atoms. The van der Waals surface area contributed by atoms with Crippen LogP contribution < -0.4 is 11.1 Å². The highest BCUT2D eigenvalue weighted by molar-refractivity contribution is 14.1. The van der Waals surface area contributed by atoms with Gasteiger partial charge in [0.05, 0.1) is 36.5 Å². The fourth-order valence-corrected chi connectivity index (χ4v) is 4.44. The molecule has 0 saturated heterocycles. The van der Waals surface area contributed by atoms with Gasteiger partial charge in [-0.05, 0) is 118 Å². The van der Waals surface area contributed by atoms with Crippen molar-refractivity contribution in [2.75, 3.05) is 18.2 Å². The lowest BCUT2D eigenvalue weighted by molar-refractivity contribution is 0.0696. The van der Waals surface area contributed by atoms with E-state index >= 15 is 0 Å². The van der Waals surface area contributed by atoms with Gasteiger partial charge in [-0.3, -0.25) is 19.2 Å². The summed E-state index contributed by atoms with van der Waals surface area (Å²) in [4.78, 5) is 31.0. The van der Waals surface area contributed by atoms with Crippen LogP contribution in [0.4, 0.5) is 15.8 Å². The summed E-state index contributed by atoms with van der Waals surface area (Å²) in [5.41, 5.74) is 9.82. The number of hydrogen-bond acceptors (Lipinski definition) is 5. The first kappa shape index (κ1) is 31.8. The zero-order chi connectivity index (χ0) is 31.9. The van der Waals surface area contributed by atoms with Crippen molar-refractivity contribution in [3.05, 3.63) is 140 Å². The maximum absolute atomic E-state index is 12.2. The number of para-hydroxylation sites is 2. The molecule has 0 aliphatic rings. The number of fused-ring (bicyclic) bond motifs is 2. The number of nitrogens with zero attached hydrogens (tertiary/aromatic N) is 2. The van der Waals surface area contributed by atoms with Crippen LogP contribution in [0.2, 0.25) is 0 Å². The lowest BCUT2D eigenvalue weighted by atomic mass is 10.1. The van der Waals surface area contributed by atoms with E-state index in [4.69, 9.17) is 12.2 Å². The van der Waals surface area contributed by atoms with Gasteiger partial charge in [-0.15, -0.1) is 0 Å². The zero-order valence-corrected chi connectivity index (χ0v) is 26.9. The van der Waals surface area contributed by atoms with Crippen LogP contribution >= 0.6 is 45.2 Å². The molecular formula is C33H27FI2N4O3. The molecule has 0 spiro atoms. The second-order valence-corrected chi connectivity index (χ2v) is 11.1. The molecule has 10 heteroatoms. The third-order valence-electron chi connectivity index (χ3n) is 5.74. The summed E-state index contributed by atoms with van der Waals surface area (Å²) < 4.78 is 17.6. The summed E-state index contributed by atoms with van der Waals surface area (Å²) in [6.45, 7) is 0. The van der Waals surface area contributed by atoms with E-state index in [1.165, 1.54) is 0 Å². The van der Waals surface area contributed by atoms with Crippen molar-refractivity contribution in [1.82, 2.24) is 9.97 Å². The van der Waals surface area contributed by atoms with Gasteiger partial charge in [0.25, 0.3) is 5.91 Å². The first-order chi connectivity index (χ1) is 21.2. The van der Waals surface area contributed by atoms with Crippen LogP contribution in [0.25, 0.3) is 21.8 Å². The van der Waals surface area contributed by atoms with Crippen LogP contribution in [0, 0.1) is 7.14 Å². The number of benzene rings is 4. The first-order valence-electron chi connectivity index (χ1n) is 13.3. The van der Waals surface area contributed by atoms with E-state index in [9.17, 15) is 14.0 Å². The van der Waals surface area contributed by atoms with Crippen LogP contribution in [-0.2, 0) is 0 Å². The number of aromatic carboxylic acids is 1. The van der Waals surface area contributed by atoms with E-state index in [1.54, 1.807) is 36.7 Å². The van der Waals surface area contributed by atoms with Gasteiger partial charge in [-0.1, -0.05) is 36.4 Å². The second kappa shape index (κ2) is 17.1. The average molecular weight is 801 g/mol. The molecule has 0 atom stereocenters. The highest BCUT2D eigenvalue weighted by atomic mass is 127. The quantitative estimate of drug-likeness (QED) is 0.122. The Morgan fingerprint density at radius 1 is 0.744 bits per heavy atom. The number of pyridine rings is 2. The number of carboxylic acid groups (broad SMARTS) is 1. The summed E-state index contributed by atoms with van der Waals surface area (Å²) in [6.07, 6.45) is 3.47. The molecule has 4 N–H and O–H groups in total. The molecule has 6 rings (SSSR count). The average Bonchev–Trinajstić information content (AvgIpc) is 3.03. The van der Waals surface area contributed by atoms with Gasteiger partial charge < -0.3 is 16.2 Å². The molecule has 2 heterocycles. The normalized spacial score (nSPS) is 10.1. The number of anilines is 2. The summed E-state index contributed by atoms with van der Waals surface area (Å²) in [5, 5.41) is 13.5. The Kier molecular flexibility index (Phi) is 12.6. The number of alkyl halides is 1. The first-order valence-corrected chi connectivity index (χ1v) is 14.7. The lowest BCUT2D eigenvalue weighted by Gasteiger charge is -2.08. The number of nitrogens with two attached hydrogens (primary N) is 1. The predicted octanol–water partition coefficient (Wildman–Crippen LogP) is 8.48. The summed E-state index contributed by atoms with van der Waals surface area (Å²) in [7, 11) is -1.00. The number of rotatable bonds is 3. The number of carbonyl (C=O) groups excluding carboxylic acids is 1. The van der Waals surface area contributed by atoms with Crippen LogP contribution in [0.15, 0.2) is 122 Å². The van der Waals surface area contributed by atoms with Crippen molar-refractivity contribution in [3.8, 4) is 0 Å². The summed E-state index contributed by atoms with van der Waals surface area (Å²) in [5.74, 6) is -1.00. The third kappa shape index (κ3) is 9.96. The molecule has 0 bridgehead atoms. The minimum absolute atomic E-state index is 0.125. The molecule has 4 aromatic carbocycles. The summed E-state index contributed by atoms with van der Waals surface area (Å²) >= 11 is 4.34. The number of amides is 1. The Balaban J connectivity index is 0.000000187. The topological polar surface area (TPSA) is 118 Å². The minimum atomic E-state index is -1.00. The van der Waals surface area contributed by atoms with Crippen molar-refractivity contribution in [2.45, 2.75) is 0 Å². The van der Waals surface area contributed by atoms with Crippen LogP contribution in [0.3, 0.4) is 0 Å². The molecule has 0 aliphatic heterocycles. The maximum atomic E-state index is 12.2. The molecule has 0 radical (unpaired) electrons. The molecule has 218 valence electrons. The Labute approximate surface area is 277 Å². The molecule has 1 amide bonds. The molecule has 7 nitrogen and oxygen atoms in total. The lowest BCUT2D eigenvalue weighted by Crippen LogP contribution is -2.12. The van der Waals surface area contributed by atoms with Crippen molar-refractivity contribution >= 4 is 90.2 Å². The van der Waals surface area contributed by atoms with Gasteiger partial charge in [0.2, 0.25) is 0 Å². The Bertz CT molecular complexity index is 1810. The number of hydrogen-bond donors (Lipinski definition) is 3. The number of nitrogens with one attached hydrogen (secondary N) is 1. The SMILES string of the molecule is Nc1cccc2cccnc12.O=C(Nc1cccc2cccnc12)c1ccc(I)cc1.O=C(O)c1ccc(I)cc1.[2H]CF. The third-order valence-corrected chi connectivity index (χ3v) is 7.18. The number of carboxylic acids is 1. The van der Waals surface area contributed by atoms with Gasteiger partial charge in [-0.2, -0.15) is 0 Å². The molecule has 0 aliphatic carbocycles.